The summed E-state index contributed by atoms with van der Waals surface area (Å²) in [6.07, 6.45) is 1.63. The fraction of sp³-hybridized carbons (Fsp3) is 0.250. The molecule has 0 bridgehead atoms. The highest BCUT2D eigenvalue weighted by atomic mass is 32.1. The third-order valence-corrected chi connectivity index (χ3v) is 4.75. The zero-order chi connectivity index (χ0) is 15.1. The molecular formula is C16H15NO3S. The van der Waals surface area contributed by atoms with Crippen LogP contribution in [0.1, 0.15) is 35.0 Å². The van der Waals surface area contributed by atoms with Crippen LogP contribution in [0.3, 0.4) is 0 Å². The second-order valence-electron chi connectivity index (χ2n) is 5.17. The zero-order valence-electron chi connectivity index (χ0n) is 12.0. The molecule has 3 rings (SSSR count). The summed E-state index contributed by atoms with van der Waals surface area (Å²) >= 11 is 1.24. The molecule has 2 heterocycles. The van der Waals surface area contributed by atoms with E-state index in [0.29, 0.717) is 11.3 Å². The first-order valence-electron chi connectivity index (χ1n) is 6.66. The number of aromatic nitrogens is 1. The van der Waals surface area contributed by atoms with Gasteiger partial charge in [0.05, 0.1) is 18.0 Å². The van der Waals surface area contributed by atoms with Crippen LogP contribution in [0.5, 0.6) is 5.75 Å². The van der Waals surface area contributed by atoms with Gasteiger partial charge in [0.15, 0.2) is 4.88 Å². The summed E-state index contributed by atoms with van der Waals surface area (Å²) in [7, 11) is 1.30. The standard InChI is InChI=1S/C16H15NO3S/c1-8(2)9-5-4-6-10-12(9)17-7-11-13(18)15(16(19)20-3)21-14(10)11/h4-8,18H,1-3H3. The minimum absolute atomic E-state index is 0.0498. The molecule has 0 atom stereocenters. The molecule has 0 fully saturated rings. The van der Waals surface area contributed by atoms with Gasteiger partial charge in [0.2, 0.25) is 0 Å². The van der Waals surface area contributed by atoms with Crippen LogP contribution in [-0.4, -0.2) is 23.2 Å². The van der Waals surface area contributed by atoms with Crippen molar-refractivity contribution in [3.8, 4) is 5.75 Å². The van der Waals surface area contributed by atoms with E-state index in [1.54, 1.807) is 6.20 Å². The molecule has 0 amide bonds. The lowest BCUT2D eigenvalue weighted by Crippen LogP contribution is -1.97. The molecule has 0 saturated carbocycles. The van der Waals surface area contributed by atoms with Crippen molar-refractivity contribution in [3.05, 3.63) is 34.8 Å². The molecule has 0 saturated heterocycles. The fourth-order valence-electron chi connectivity index (χ4n) is 2.47. The lowest BCUT2D eigenvalue weighted by atomic mass is 9.99. The summed E-state index contributed by atoms with van der Waals surface area (Å²) in [5.74, 6) is -0.222. The average Bonchev–Trinajstić information content (AvgIpc) is 2.83. The minimum Gasteiger partial charge on any atom is -0.505 e. The summed E-state index contributed by atoms with van der Waals surface area (Å²) in [6, 6.07) is 6.00. The SMILES string of the molecule is COC(=O)c1sc2c(cnc3c(C(C)C)cccc32)c1O. The van der Waals surface area contributed by atoms with Crippen LogP contribution < -0.4 is 0 Å². The Morgan fingerprint density at radius 2 is 2.10 bits per heavy atom. The molecule has 0 radical (unpaired) electrons. The summed E-state index contributed by atoms with van der Waals surface area (Å²) in [4.78, 5) is 16.4. The predicted molar refractivity (Wildman–Crippen MR) is 84.2 cm³/mol. The quantitative estimate of drug-likeness (QED) is 0.725. The smallest absolute Gasteiger partial charge is 0.351 e. The van der Waals surface area contributed by atoms with Gasteiger partial charge in [-0.3, -0.25) is 4.98 Å². The molecule has 0 aliphatic carbocycles. The first-order chi connectivity index (χ1) is 10.0. The number of fused-ring (bicyclic) bond motifs is 3. The third kappa shape index (κ3) is 2.05. The molecule has 21 heavy (non-hydrogen) atoms. The van der Waals surface area contributed by atoms with Gasteiger partial charge in [-0.25, -0.2) is 4.79 Å². The number of thiophene rings is 1. The third-order valence-electron chi connectivity index (χ3n) is 3.55. The van der Waals surface area contributed by atoms with Crippen molar-refractivity contribution in [2.45, 2.75) is 19.8 Å². The number of benzene rings is 1. The van der Waals surface area contributed by atoms with Gasteiger partial charge < -0.3 is 9.84 Å². The number of carbonyl (C=O) groups is 1. The molecule has 108 valence electrons. The van der Waals surface area contributed by atoms with E-state index in [2.05, 4.69) is 24.9 Å². The zero-order valence-corrected chi connectivity index (χ0v) is 12.8. The Morgan fingerprint density at radius 3 is 2.76 bits per heavy atom. The molecule has 5 heteroatoms. The van der Waals surface area contributed by atoms with Crippen LogP contribution in [0.4, 0.5) is 0 Å². The highest BCUT2D eigenvalue weighted by molar-refractivity contribution is 7.22. The molecule has 4 nitrogen and oxygen atoms in total. The molecule has 1 N–H and O–H groups in total. The van der Waals surface area contributed by atoms with E-state index >= 15 is 0 Å². The van der Waals surface area contributed by atoms with Gasteiger partial charge >= 0.3 is 5.97 Å². The molecule has 0 unspecified atom stereocenters. The van der Waals surface area contributed by atoms with Crippen LogP contribution in [0.2, 0.25) is 0 Å². The Morgan fingerprint density at radius 1 is 1.33 bits per heavy atom. The highest BCUT2D eigenvalue weighted by Gasteiger charge is 2.21. The Bertz CT molecular complexity index is 851. The second kappa shape index (κ2) is 5.00. The maximum atomic E-state index is 11.7. The van der Waals surface area contributed by atoms with Gasteiger partial charge in [-0.2, -0.15) is 0 Å². The van der Waals surface area contributed by atoms with Crippen molar-refractivity contribution < 1.29 is 14.6 Å². The van der Waals surface area contributed by atoms with E-state index in [-0.39, 0.29) is 10.6 Å². The van der Waals surface area contributed by atoms with Crippen LogP contribution in [-0.2, 0) is 4.74 Å². The number of hydrogen-bond donors (Lipinski definition) is 1. The molecule has 0 aliphatic rings. The van der Waals surface area contributed by atoms with Crippen molar-refractivity contribution in [3.63, 3.8) is 0 Å². The van der Waals surface area contributed by atoms with Gasteiger partial charge in [0.25, 0.3) is 0 Å². The second-order valence-corrected chi connectivity index (χ2v) is 6.19. The monoisotopic (exact) mass is 301 g/mol. The lowest BCUT2D eigenvalue weighted by Gasteiger charge is -2.09. The Kier molecular flexibility index (Phi) is 3.29. The first-order valence-corrected chi connectivity index (χ1v) is 7.47. The van der Waals surface area contributed by atoms with Gasteiger partial charge in [0.1, 0.15) is 5.75 Å². The molecule has 1 aromatic carbocycles. The van der Waals surface area contributed by atoms with Crippen molar-refractivity contribution in [1.82, 2.24) is 4.98 Å². The normalized spacial score (nSPS) is 11.4. The predicted octanol–water partition coefficient (Wildman–Crippen LogP) is 4.07. The van der Waals surface area contributed by atoms with Crippen LogP contribution >= 0.6 is 11.3 Å². The van der Waals surface area contributed by atoms with E-state index < -0.39 is 5.97 Å². The number of para-hydroxylation sites is 1. The topological polar surface area (TPSA) is 59.4 Å². The molecular weight excluding hydrogens is 286 g/mol. The van der Waals surface area contributed by atoms with E-state index in [1.807, 2.05) is 12.1 Å². The average molecular weight is 301 g/mol. The molecule has 2 aromatic heterocycles. The van der Waals surface area contributed by atoms with Crippen molar-refractivity contribution in [1.29, 1.82) is 0 Å². The van der Waals surface area contributed by atoms with Crippen LogP contribution in [0, 0.1) is 0 Å². The van der Waals surface area contributed by atoms with Gasteiger partial charge in [-0.15, -0.1) is 11.3 Å². The van der Waals surface area contributed by atoms with Crippen LogP contribution in [0.15, 0.2) is 24.4 Å². The number of methoxy groups -OCH3 is 1. The number of ether oxygens (including phenoxy) is 1. The first kappa shape index (κ1) is 13.8. The largest absolute Gasteiger partial charge is 0.505 e. The number of rotatable bonds is 2. The van der Waals surface area contributed by atoms with Crippen LogP contribution in [0.25, 0.3) is 21.0 Å². The van der Waals surface area contributed by atoms with Crippen molar-refractivity contribution >= 4 is 38.3 Å². The number of hydrogen-bond acceptors (Lipinski definition) is 5. The van der Waals surface area contributed by atoms with Gasteiger partial charge in [0, 0.05) is 16.3 Å². The minimum atomic E-state index is -0.526. The van der Waals surface area contributed by atoms with E-state index in [9.17, 15) is 9.90 Å². The number of nitrogens with zero attached hydrogens (tertiary/aromatic N) is 1. The number of aromatic hydroxyl groups is 1. The Hall–Kier alpha value is -2.14. The summed E-state index contributed by atoms with van der Waals surface area (Å²) < 4.78 is 5.57. The van der Waals surface area contributed by atoms with E-state index in [1.165, 1.54) is 18.4 Å². The molecule has 0 aliphatic heterocycles. The van der Waals surface area contributed by atoms with Crippen molar-refractivity contribution in [2.75, 3.05) is 7.11 Å². The van der Waals surface area contributed by atoms with E-state index in [0.717, 1.165) is 21.2 Å². The van der Waals surface area contributed by atoms with Gasteiger partial charge in [-0.1, -0.05) is 32.0 Å². The highest BCUT2D eigenvalue weighted by Crippen LogP contribution is 2.41. The molecule has 0 spiro atoms. The number of pyridine rings is 1. The van der Waals surface area contributed by atoms with Gasteiger partial charge in [-0.05, 0) is 11.5 Å². The summed E-state index contributed by atoms with van der Waals surface area (Å²) in [6.45, 7) is 4.23. The van der Waals surface area contributed by atoms with E-state index in [4.69, 9.17) is 4.74 Å². The fourth-order valence-corrected chi connectivity index (χ4v) is 3.58. The Balaban J connectivity index is 2.39. The maximum absolute atomic E-state index is 11.7. The lowest BCUT2D eigenvalue weighted by molar-refractivity contribution is 0.0603. The number of carbonyl (C=O) groups excluding carboxylic acids is 1. The molecule has 3 aromatic rings. The summed E-state index contributed by atoms with van der Waals surface area (Å²) in [5.41, 5.74) is 2.07. The number of esters is 1. The van der Waals surface area contributed by atoms with Crippen molar-refractivity contribution in [2.24, 2.45) is 0 Å². The Labute approximate surface area is 126 Å². The maximum Gasteiger partial charge on any atom is 0.351 e. The summed E-state index contributed by atoms with van der Waals surface area (Å²) in [5, 5.41) is 11.7.